The van der Waals surface area contributed by atoms with Crippen molar-refractivity contribution in [2.24, 2.45) is 5.92 Å². The molecule has 1 aliphatic rings. The maximum atomic E-state index is 4.69. The van der Waals surface area contributed by atoms with E-state index in [1.165, 1.54) is 0 Å². The molecular weight excluding hydrogens is 479 g/mol. The molecule has 9 heteroatoms. The van der Waals surface area contributed by atoms with Gasteiger partial charge in [0.05, 0.1) is 11.4 Å². The first-order chi connectivity index (χ1) is 17.7. The van der Waals surface area contributed by atoms with Crippen LogP contribution in [0.3, 0.4) is 0 Å². The summed E-state index contributed by atoms with van der Waals surface area (Å²) in [6.07, 6.45) is 9.65. The number of pyridine rings is 1. The molecule has 2 N–H and O–H groups in total. The quantitative estimate of drug-likeness (QED) is 0.323. The zero-order valence-corrected chi connectivity index (χ0v) is 23.9. The summed E-state index contributed by atoms with van der Waals surface area (Å²) < 4.78 is 2.25. The minimum absolute atomic E-state index is 0.308. The number of nitrogens with one attached hydrogen (secondary N) is 2. The summed E-state index contributed by atoms with van der Waals surface area (Å²) in [7, 11) is 4.81. The van der Waals surface area contributed by atoms with Gasteiger partial charge >= 0.3 is 0 Å². The molecule has 1 saturated heterocycles. The lowest BCUT2D eigenvalue weighted by molar-refractivity contribution is 0.316. The first-order valence-electron chi connectivity index (χ1n) is 12.8. The molecule has 0 spiro atoms. The number of likely N-dealkylation sites (N-methyl/N-ethyl adjacent to an activating group) is 1. The summed E-state index contributed by atoms with van der Waals surface area (Å²) in [5, 5.41) is 7.65. The second-order valence-electron chi connectivity index (χ2n) is 10.2. The van der Waals surface area contributed by atoms with Gasteiger partial charge in [0, 0.05) is 55.9 Å². The van der Waals surface area contributed by atoms with Gasteiger partial charge in [0.25, 0.3) is 0 Å². The molecule has 37 heavy (non-hydrogen) atoms. The van der Waals surface area contributed by atoms with E-state index in [4.69, 9.17) is 4.98 Å². The molecule has 3 aromatic rings. The summed E-state index contributed by atoms with van der Waals surface area (Å²) in [5.41, 5.74) is 5.21. The van der Waals surface area contributed by atoms with Crippen LogP contribution in [0.25, 0.3) is 11.6 Å². The fourth-order valence-electron chi connectivity index (χ4n) is 5.15. The molecule has 196 valence electrons. The number of nitrogens with zero attached hydrogens (tertiary/aromatic N) is 6. The average molecular weight is 519 g/mol. The van der Waals surface area contributed by atoms with Gasteiger partial charge in [-0.2, -0.15) is 0 Å². The first-order valence-corrected chi connectivity index (χ1v) is 13.4. The smallest absolute Gasteiger partial charge is 0.228 e. The average Bonchev–Trinajstić information content (AvgIpc) is 3.36. The number of allylic oxidation sites excluding steroid dienone is 2. The van der Waals surface area contributed by atoms with Gasteiger partial charge in [-0.05, 0) is 69.2 Å². The zero-order valence-electron chi connectivity index (χ0n) is 22.8. The normalized spacial score (nSPS) is 18.5. The number of rotatable bonds is 9. The maximum Gasteiger partial charge on any atom is 0.228 e. The monoisotopic (exact) mass is 518 g/mol. The van der Waals surface area contributed by atoms with Crippen molar-refractivity contribution < 1.29 is 0 Å². The Hall–Kier alpha value is -2.93. The maximum absolute atomic E-state index is 4.69. The highest BCUT2D eigenvalue weighted by atomic mass is 31.0. The van der Waals surface area contributed by atoms with Crippen molar-refractivity contribution in [2.45, 2.75) is 53.2 Å². The molecule has 0 saturated carbocycles. The van der Waals surface area contributed by atoms with Gasteiger partial charge in [-0.3, -0.25) is 4.90 Å². The van der Waals surface area contributed by atoms with Crippen molar-refractivity contribution in [3.05, 3.63) is 65.7 Å². The van der Waals surface area contributed by atoms with E-state index in [-0.39, 0.29) is 0 Å². The van der Waals surface area contributed by atoms with E-state index < -0.39 is 0 Å². The van der Waals surface area contributed by atoms with Crippen molar-refractivity contribution in [1.82, 2.24) is 34.7 Å². The molecule has 0 amide bonds. The van der Waals surface area contributed by atoms with E-state index in [1.807, 2.05) is 51.6 Å². The Morgan fingerprint density at radius 2 is 1.92 bits per heavy atom. The Morgan fingerprint density at radius 1 is 1.19 bits per heavy atom. The van der Waals surface area contributed by atoms with Crippen LogP contribution in [0.5, 0.6) is 0 Å². The van der Waals surface area contributed by atoms with Crippen molar-refractivity contribution in [2.75, 3.05) is 25.5 Å². The third-order valence-electron chi connectivity index (χ3n) is 6.99. The highest BCUT2D eigenvalue weighted by Gasteiger charge is 2.28. The summed E-state index contributed by atoms with van der Waals surface area (Å²) in [6, 6.07) is 2.85. The Bertz CT molecular complexity index is 1280. The molecule has 3 aromatic heterocycles. The van der Waals surface area contributed by atoms with Crippen LogP contribution in [0.1, 0.15) is 55.2 Å². The standard InChI is InChI=1S/C28H39N8P/c1-8-22(9-25-19(5)33-20(6)36(25)17(2)3)23-10-27(30-13-26(23)37)34-28-31-11-21(12-32-28)15-35-14-18(4)24(16-35)29-7/h8-13,17-18,24,29H,1,14-16,37H2,2-7H3,(H,30,31,32,34)/b22-9+. The molecule has 4 rings (SSSR count). The molecule has 3 atom stereocenters. The highest BCUT2D eigenvalue weighted by Crippen LogP contribution is 2.26. The van der Waals surface area contributed by atoms with Crippen molar-refractivity contribution >= 4 is 38.0 Å². The number of aryl methyl sites for hydroxylation is 2. The fourth-order valence-corrected chi connectivity index (χ4v) is 5.48. The predicted octanol–water partition coefficient (Wildman–Crippen LogP) is 4.28. The number of hydrogen-bond donors (Lipinski definition) is 2. The van der Waals surface area contributed by atoms with E-state index in [0.29, 0.717) is 29.8 Å². The Labute approximate surface area is 222 Å². The molecule has 0 bridgehead atoms. The fraction of sp³-hybridized carbons (Fsp3) is 0.429. The number of imidazole rings is 1. The van der Waals surface area contributed by atoms with E-state index in [9.17, 15) is 0 Å². The second kappa shape index (κ2) is 11.6. The summed E-state index contributed by atoms with van der Waals surface area (Å²) in [4.78, 5) is 20.8. The summed E-state index contributed by atoms with van der Waals surface area (Å²) in [5.74, 6) is 2.85. The van der Waals surface area contributed by atoms with Crippen LogP contribution in [0, 0.1) is 19.8 Å². The molecule has 0 aromatic carbocycles. The molecule has 4 heterocycles. The predicted molar refractivity (Wildman–Crippen MR) is 156 cm³/mol. The highest BCUT2D eigenvalue weighted by molar-refractivity contribution is 7.27. The van der Waals surface area contributed by atoms with Gasteiger partial charge in [-0.25, -0.2) is 19.9 Å². The molecular formula is C28H39N8P. The van der Waals surface area contributed by atoms with E-state index in [2.05, 4.69) is 77.7 Å². The number of likely N-dealkylation sites (tertiary alicyclic amines) is 1. The Morgan fingerprint density at radius 3 is 2.54 bits per heavy atom. The van der Waals surface area contributed by atoms with Gasteiger partial charge in [-0.15, -0.1) is 9.24 Å². The van der Waals surface area contributed by atoms with Gasteiger partial charge in [-0.1, -0.05) is 19.6 Å². The second-order valence-corrected chi connectivity index (χ2v) is 10.8. The summed E-state index contributed by atoms with van der Waals surface area (Å²) in [6.45, 7) is 17.8. The molecule has 0 aliphatic carbocycles. The van der Waals surface area contributed by atoms with Crippen molar-refractivity contribution in [1.29, 1.82) is 0 Å². The molecule has 1 fully saturated rings. The third-order valence-corrected chi connectivity index (χ3v) is 7.45. The number of anilines is 2. The van der Waals surface area contributed by atoms with Crippen molar-refractivity contribution in [3.63, 3.8) is 0 Å². The van der Waals surface area contributed by atoms with Crippen LogP contribution >= 0.6 is 9.24 Å². The minimum atomic E-state index is 0.308. The van der Waals surface area contributed by atoms with Crippen LogP contribution in [-0.2, 0) is 6.54 Å². The van der Waals surface area contributed by atoms with Crippen molar-refractivity contribution in [3.8, 4) is 0 Å². The largest absolute Gasteiger partial charge is 0.326 e. The molecule has 1 aliphatic heterocycles. The minimum Gasteiger partial charge on any atom is -0.326 e. The number of aromatic nitrogens is 5. The molecule has 3 unspecified atom stereocenters. The number of hydrogen-bond acceptors (Lipinski definition) is 7. The Kier molecular flexibility index (Phi) is 8.53. The lowest BCUT2D eigenvalue weighted by Gasteiger charge is -2.16. The van der Waals surface area contributed by atoms with E-state index >= 15 is 0 Å². The Balaban J connectivity index is 1.52. The van der Waals surface area contributed by atoms with Crippen LogP contribution < -0.4 is 15.9 Å². The third kappa shape index (κ3) is 6.15. The van der Waals surface area contributed by atoms with Crippen LogP contribution in [-0.4, -0.2) is 55.6 Å². The molecule has 0 radical (unpaired) electrons. The lowest BCUT2D eigenvalue weighted by atomic mass is 10.0. The van der Waals surface area contributed by atoms with Crippen LogP contribution in [0.4, 0.5) is 11.8 Å². The topological polar surface area (TPSA) is 83.8 Å². The summed E-state index contributed by atoms with van der Waals surface area (Å²) >= 11 is 0. The van der Waals surface area contributed by atoms with E-state index in [0.717, 1.165) is 58.9 Å². The van der Waals surface area contributed by atoms with Gasteiger partial charge in [0.1, 0.15) is 11.6 Å². The first kappa shape index (κ1) is 27.1. The van der Waals surface area contributed by atoms with Gasteiger partial charge in [0.15, 0.2) is 0 Å². The lowest BCUT2D eigenvalue weighted by Crippen LogP contribution is -2.32. The van der Waals surface area contributed by atoms with E-state index in [1.54, 1.807) is 0 Å². The zero-order chi connectivity index (χ0) is 26.7. The molecule has 8 nitrogen and oxygen atoms in total. The van der Waals surface area contributed by atoms with Crippen LogP contribution in [0.15, 0.2) is 37.3 Å². The van der Waals surface area contributed by atoms with Crippen LogP contribution in [0.2, 0.25) is 0 Å². The van der Waals surface area contributed by atoms with Gasteiger partial charge < -0.3 is 15.2 Å². The van der Waals surface area contributed by atoms with Gasteiger partial charge in [0.2, 0.25) is 5.95 Å². The SMILES string of the molecule is C=C/C(=C\c1c(C)nc(C)n1C(C)C)c1cc(Nc2ncc(CN3CC(C)C(NC)C3)cn2)ncc1P.